The number of carbonyl (C=O) groups excluding carboxylic acids is 1. The number of amides is 1. The highest BCUT2D eigenvalue weighted by atomic mass is 16.5. The fourth-order valence-electron chi connectivity index (χ4n) is 7.46. The number of nitrogens with one attached hydrogen (secondary N) is 1. The maximum atomic E-state index is 13.8. The molecule has 3 aromatic carbocycles. The lowest BCUT2D eigenvalue weighted by atomic mass is 9.84. The monoisotopic (exact) mass is 679 g/mol. The second-order valence-electron chi connectivity index (χ2n) is 15.3. The van der Waals surface area contributed by atoms with Crippen molar-refractivity contribution in [1.29, 1.82) is 0 Å². The number of aliphatic hydroxyl groups excluding tert-OH is 1. The Morgan fingerprint density at radius 3 is 2.56 bits per heavy atom. The molecule has 5 rings (SSSR count). The standard InChI is InChI=1S/C43H57N3O4/c1-9-29(5)13-12-18-45(42(49)40(44-8)28(3)4)24-30-19-33(21-34(48)20-30)31-16-17-39-36(22-31)37(23-43(6,7)27-47)41(46(39)10-2)35-15-11-14-32-25-50-26-38(32)35/h9,11,14-17,19-22,28-29,40,44,47-48H,1,10,12-13,18,23-27H2,2-8H3. The van der Waals surface area contributed by atoms with Crippen LogP contribution < -0.4 is 5.32 Å². The van der Waals surface area contributed by atoms with E-state index in [9.17, 15) is 15.0 Å². The van der Waals surface area contributed by atoms with E-state index < -0.39 is 0 Å². The molecule has 0 aliphatic carbocycles. The van der Waals surface area contributed by atoms with Gasteiger partial charge in [-0.3, -0.25) is 4.79 Å². The molecule has 7 nitrogen and oxygen atoms in total. The van der Waals surface area contributed by atoms with Crippen molar-refractivity contribution >= 4 is 16.8 Å². The van der Waals surface area contributed by atoms with Gasteiger partial charge in [0.2, 0.25) is 5.91 Å². The van der Waals surface area contributed by atoms with E-state index in [2.05, 4.69) is 100 Å². The minimum Gasteiger partial charge on any atom is -0.508 e. The van der Waals surface area contributed by atoms with Crippen LogP contribution in [0.2, 0.25) is 0 Å². The number of hydrogen-bond donors (Lipinski definition) is 3. The van der Waals surface area contributed by atoms with Gasteiger partial charge in [0.15, 0.2) is 0 Å². The average Bonchev–Trinajstić information content (AvgIpc) is 3.69. The molecule has 4 aromatic rings. The molecule has 1 amide bonds. The average molecular weight is 680 g/mol. The number of phenols is 1. The molecule has 2 unspecified atom stereocenters. The Kier molecular flexibility index (Phi) is 11.9. The van der Waals surface area contributed by atoms with Crippen molar-refractivity contribution < 1.29 is 19.7 Å². The Hall–Kier alpha value is -3.91. The Bertz CT molecular complexity index is 1820. The van der Waals surface area contributed by atoms with Gasteiger partial charge >= 0.3 is 0 Å². The van der Waals surface area contributed by atoms with Crippen molar-refractivity contribution in [3.63, 3.8) is 0 Å². The number of rotatable bonds is 16. The van der Waals surface area contributed by atoms with E-state index in [1.807, 2.05) is 24.1 Å². The van der Waals surface area contributed by atoms with Gasteiger partial charge in [0.25, 0.3) is 0 Å². The number of hydrogen-bond acceptors (Lipinski definition) is 5. The second-order valence-corrected chi connectivity index (χ2v) is 15.3. The van der Waals surface area contributed by atoms with E-state index in [1.165, 1.54) is 27.9 Å². The summed E-state index contributed by atoms with van der Waals surface area (Å²) in [7, 11) is 1.84. The molecule has 0 radical (unpaired) electrons. The van der Waals surface area contributed by atoms with Gasteiger partial charge in [-0.1, -0.05) is 65.0 Å². The highest BCUT2D eigenvalue weighted by Gasteiger charge is 2.29. The third-order valence-electron chi connectivity index (χ3n) is 10.3. The molecule has 3 N–H and O–H groups in total. The summed E-state index contributed by atoms with van der Waals surface area (Å²) in [6.07, 6.45) is 4.49. The maximum Gasteiger partial charge on any atom is 0.240 e. The predicted molar refractivity (Wildman–Crippen MR) is 205 cm³/mol. The molecule has 2 heterocycles. The number of fused-ring (bicyclic) bond motifs is 2. The van der Waals surface area contributed by atoms with Crippen molar-refractivity contribution in [3.05, 3.63) is 89.5 Å². The highest BCUT2D eigenvalue weighted by Crippen LogP contribution is 2.42. The first kappa shape index (κ1) is 37.3. The molecule has 0 bridgehead atoms. The number of aromatic nitrogens is 1. The quantitative estimate of drug-likeness (QED) is 0.104. The van der Waals surface area contributed by atoms with Crippen LogP contribution in [0.4, 0.5) is 0 Å². The van der Waals surface area contributed by atoms with E-state index >= 15 is 0 Å². The van der Waals surface area contributed by atoms with Gasteiger partial charge in [-0.2, -0.15) is 0 Å². The SMILES string of the molecule is C=CC(C)CCCN(Cc1cc(O)cc(-c2ccc3c(c2)c(CC(C)(C)CO)c(-c2cccc4c2COC4)n3CC)c1)C(=O)C(NC)C(C)C. The molecule has 0 saturated heterocycles. The normalized spacial score (nSPS) is 14.3. The molecule has 50 heavy (non-hydrogen) atoms. The van der Waals surface area contributed by atoms with Crippen LogP contribution in [0.5, 0.6) is 5.75 Å². The van der Waals surface area contributed by atoms with Gasteiger partial charge in [0, 0.05) is 42.7 Å². The largest absolute Gasteiger partial charge is 0.508 e. The number of allylic oxidation sites excluding steroid dienone is 1. The van der Waals surface area contributed by atoms with Gasteiger partial charge in [0.1, 0.15) is 5.75 Å². The Labute approximate surface area is 299 Å². The lowest BCUT2D eigenvalue weighted by molar-refractivity contribution is -0.135. The van der Waals surface area contributed by atoms with Crippen molar-refractivity contribution in [2.45, 2.75) is 93.2 Å². The molecule has 7 heteroatoms. The van der Waals surface area contributed by atoms with Gasteiger partial charge in [-0.15, -0.1) is 6.58 Å². The van der Waals surface area contributed by atoms with Crippen LogP contribution in [0.25, 0.3) is 33.3 Å². The molecular formula is C43H57N3O4. The Morgan fingerprint density at radius 1 is 1.10 bits per heavy atom. The van der Waals surface area contributed by atoms with Crippen molar-refractivity contribution in [3.8, 4) is 28.1 Å². The predicted octanol–water partition coefficient (Wildman–Crippen LogP) is 8.47. The van der Waals surface area contributed by atoms with E-state index in [0.29, 0.717) is 38.6 Å². The number of nitrogens with zero attached hydrogens (tertiary/aromatic N) is 2. The molecule has 2 atom stereocenters. The summed E-state index contributed by atoms with van der Waals surface area (Å²) < 4.78 is 8.29. The summed E-state index contributed by atoms with van der Waals surface area (Å²) in [6, 6.07) is 18.4. The first-order valence-electron chi connectivity index (χ1n) is 18.3. The smallest absolute Gasteiger partial charge is 0.240 e. The van der Waals surface area contributed by atoms with E-state index in [0.717, 1.165) is 47.0 Å². The summed E-state index contributed by atoms with van der Waals surface area (Å²) in [5.74, 6) is 0.768. The van der Waals surface area contributed by atoms with Crippen LogP contribution in [0, 0.1) is 17.3 Å². The third kappa shape index (κ3) is 8.01. The molecular weight excluding hydrogens is 622 g/mol. The zero-order valence-electron chi connectivity index (χ0n) is 31.2. The van der Waals surface area contributed by atoms with Gasteiger partial charge in [-0.05, 0) is 114 Å². The topological polar surface area (TPSA) is 87.0 Å². The van der Waals surface area contributed by atoms with Crippen molar-refractivity contribution in [2.24, 2.45) is 17.3 Å². The number of ether oxygens (including phenoxy) is 1. The van der Waals surface area contributed by atoms with E-state index in [4.69, 9.17) is 4.74 Å². The summed E-state index contributed by atoms with van der Waals surface area (Å²) >= 11 is 0. The molecule has 1 aromatic heterocycles. The van der Waals surface area contributed by atoms with E-state index in [-0.39, 0.29) is 35.6 Å². The summed E-state index contributed by atoms with van der Waals surface area (Å²) in [6.45, 7) is 19.7. The number of benzene rings is 3. The Balaban J connectivity index is 1.59. The molecule has 1 aliphatic heterocycles. The summed E-state index contributed by atoms with van der Waals surface area (Å²) in [5.41, 5.74) is 9.64. The molecule has 1 aliphatic rings. The van der Waals surface area contributed by atoms with Crippen LogP contribution in [0.1, 0.15) is 76.6 Å². The fraction of sp³-hybridized carbons (Fsp3) is 0.465. The number of carbonyl (C=O) groups is 1. The van der Waals surface area contributed by atoms with Crippen LogP contribution in [-0.2, 0) is 42.3 Å². The Morgan fingerprint density at radius 2 is 1.88 bits per heavy atom. The van der Waals surface area contributed by atoms with Gasteiger partial charge in [0.05, 0.1) is 24.9 Å². The van der Waals surface area contributed by atoms with Crippen molar-refractivity contribution in [1.82, 2.24) is 14.8 Å². The molecule has 0 spiro atoms. The van der Waals surface area contributed by atoms with Crippen LogP contribution >= 0.6 is 0 Å². The fourth-order valence-corrected chi connectivity index (χ4v) is 7.46. The lowest BCUT2D eigenvalue weighted by Crippen LogP contribution is -2.48. The zero-order chi connectivity index (χ0) is 36.2. The number of likely N-dealkylation sites (N-methyl/N-ethyl adjacent to an activating group) is 1. The first-order chi connectivity index (χ1) is 23.9. The highest BCUT2D eigenvalue weighted by molar-refractivity contribution is 5.95. The van der Waals surface area contributed by atoms with Gasteiger partial charge in [-0.25, -0.2) is 0 Å². The summed E-state index contributed by atoms with van der Waals surface area (Å²) in [5, 5.41) is 25.8. The van der Waals surface area contributed by atoms with Crippen molar-refractivity contribution in [2.75, 3.05) is 20.2 Å². The number of phenolic OH excluding ortho intramolecular Hbond substituents is 1. The molecule has 0 fully saturated rings. The zero-order valence-corrected chi connectivity index (χ0v) is 31.2. The first-order valence-corrected chi connectivity index (χ1v) is 18.3. The molecule has 268 valence electrons. The molecule has 0 saturated carbocycles. The number of aromatic hydroxyl groups is 1. The maximum absolute atomic E-state index is 13.8. The summed E-state index contributed by atoms with van der Waals surface area (Å²) in [4.78, 5) is 15.8. The lowest BCUT2D eigenvalue weighted by Gasteiger charge is -2.30. The van der Waals surface area contributed by atoms with Crippen LogP contribution in [0.3, 0.4) is 0 Å². The minimum absolute atomic E-state index is 0.0717. The van der Waals surface area contributed by atoms with E-state index in [1.54, 1.807) is 6.07 Å². The second kappa shape index (κ2) is 16.0. The number of aryl methyl sites for hydroxylation is 1. The third-order valence-corrected chi connectivity index (χ3v) is 10.3. The minimum atomic E-state index is -0.328. The van der Waals surface area contributed by atoms with Crippen LogP contribution in [-0.4, -0.2) is 51.8 Å². The number of aliphatic hydroxyl groups is 1. The van der Waals surface area contributed by atoms with Crippen LogP contribution in [0.15, 0.2) is 67.3 Å². The van der Waals surface area contributed by atoms with Gasteiger partial charge < -0.3 is 29.7 Å².